The smallest absolute Gasteiger partial charge is 0.259 e. The molecule has 0 saturated heterocycles. The van der Waals surface area contributed by atoms with Crippen LogP contribution in [0.3, 0.4) is 0 Å². The Hall–Kier alpha value is -3.00. The summed E-state index contributed by atoms with van der Waals surface area (Å²) in [4.78, 5) is 16.3. The number of methoxy groups -OCH3 is 1. The van der Waals surface area contributed by atoms with Crippen molar-refractivity contribution < 1.29 is 13.9 Å². The van der Waals surface area contributed by atoms with Gasteiger partial charge in [0, 0.05) is 5.56 Å². The molecule has 1 amide bonds. The summed E-state index contributed by atoms with van der Waals surface area (Å²) in [5, 5.41) is 7.64. The summed E-state index contributed by atoms with van der Waals surface area (Å²) in [6.07, 6.45) is 0. The van der Waals surface area contributed by atoms with Gasteiger partial charge in [-0.05, 0) is 37.3 Å². The second-order valence-electron chi connectivity index (χ2n) is 5.42. The summed E-state index contributed by atoms with van der Waals surface area (Å²) in [6.45, 7) is 1.72. The van der Waals surface area contributed by atoms with E-state index in [1.807, 2.05) is 24.3 Å². The van der Waals surface area contributed by atoms with Crippen molar-refractivity contribution in [3.05, 3.63) is 53.8 Å². The van der Waals surface area contributed by atoms with Crippen LogP contribution in [0.1, 0.15) is 12.5 Å². The zero-order valence-corrected chi connectivity index (χ0v) is 15.1. The van der Waals surface area contributed by atoms with Gasteiger partial charge in [-0.3, -0.25) is 4.79 Å². The number of para-hydroxylation sites is 1. The number of hydrazone groups is 1. The van der Waals surface area contributed by atoms with Crippen LogP contribution < -0.4 is 15.5 Å². The molecule has 2 aromatic carbocycles. The molecule has 0 aliphatic carbocycles. The number of carbonyl (C=O) groups is 1. The highest BCUT2D eigenvalue weighted by Gasteiger charge is 2.07. The fourth-order valence-corrected chi connectivity index (χ4v) is 3.11. The number of carbonyl (C=O) groups excluding carboxylic acids is 1. The van der Waals surface area contributed by atoms with Gasteiger partial charge in [-0.25, -0.2) is 14.8 Å². The number of nitrogens with zero attached hydrogens (tertiary/aromatic N) is 2. The lowest BCUT2D eigenvalue weighted by Crippen LogP contribution is -2.26. The number of hydrogen-bond acceptors (Lipinski definition) is 6. The lowest BCUT2D eigenvalue weighted by Gasteiger charge is -2.06. The maximum atomic E-state index is 13.7. The second kappa shape index (κ2) is 7.92. The van der Waals surface area contributed by atoms with Crippen molar-refractivity contribution in [2.75, 3.05) is 19.0 Å². The third-order valence-electron chi connectivity index (χ3n) is 3.61. The lowest BCUT2D eigenvalue weighted by atomic mass is 10.1. The predicted molar refractivity (Wildman–Crippen MR) is 101 cm³/mol. The van der Waals surface area contributed by atoms with Gasteiger partial charge in [-0.1, -0.05) is 23.5 Å². The number of anilines is 1. The molecule has 0 saturated carbocycles. The van der Waals surface area contributed by atoms with Crippen LogP contribution >= 0.6 is 11.3 Å². The van der Waals surface area contributed by atoms with Gasteiger partial charge in [0.1, 0.15) is 0 Å². The number of fused-ring (bicyclic) bond motifs is 1. The van der Waals surface area contributed by atoms with Gasteiger partial charge < -0.3 is 10.1 Å². The minimum atomic E-state index is -0.483. The largest absolute Gasteiger partial charge is 0.494 e. The van der Waals surface area contributed by atoms with Crippen molar-refractivity contribution in [2.45, 2.75) is 6.92 Å². The third-order valence-corrected chi connectivity index (χ3v) is 4.61. The number of ether oxygens (including phenoxy) is 1. The van der Waals surface area contributed by atoms with Crippen molar-refractivity contribution in [1.82, 2.24) is 10.4 Å². The lowest BCUT2D eigenvalue weighted by molar-refractivity contribution is -0.119. The van der Waals surface area contributed by atoms with Gasteiger partial charge in [0.25, 0.3) is 5.91 Å². The SMILES string of the molecule is COc1ccc(/C(C)=N\NC(=O)CNc2nc3ccccc3s2)cc1F. The van der Waals surface area contributed by atoms with E-state index >= 15 is 0 Å². The van der Waals surface area contributed by atoms with Gasteiger partial charge in [-0.15, -0.1) is 0 Å². The number of aromatic nitrogens is 1. The molecular formula is C18H17FN4O2S. The number of halogens is 1. The molecule has 0 unspecified atom stereocenters. The van der Waals surface area contributed by atoms with Gasteiger partial charge in [0.2, 0.25) is 0 Å². The molecule has 0 spiro atoms. The van der Waals surface area contributed by atoms with Crippen molar-refractivity contribution in [3.8, 4) is 5.75 Å². The van der Waals surface area contributed by atoms with E-state index in [0.29, 0.717) is 16.4 Å². The minimum Gasteiger partial charge on any atom is -0.494 e. The van der Waals surface area contributed by atoms with Crippen LogP contribution in [0.2, 0.25) is 0 Å². The molecule has 6 nitrogen and oxygen atoms in total. The van der Waals surface area contributed by atoms with Crippen molar-refractivity contribution in [2.24, 2.45) is 5.10 Å². The predicted octanol–water partition coefficient (Wildman–Crippen LogP) is 3.40. The molecule has 8 heteroatoms. The molecule has 1 aromatic heterocycles. The van der Waals surface area contributed by atoms with Gasteiger partial charge in [-0.2, -0.15) is 5.10 Å². The summed E-state index contributed by atoms with van der Waals surface area (Å²) >= 11 is 1.47. The highest BCUT2D eigenvalue weighted by atomic mass is 32.1. The Kier molecular flexibility index (Phi) is 5.43. The molecule has 0 atom stereocenters. The van der Waals surface area contributed by atoms with Crippen LogP contribution in [0.4, 0.5) is 9.52 Å². The van der Waals surface area contributed by atoms with Crippen LogP contribution in [-0.4, -0.2) is 30.3 Å². The Morgan fingerprint density at radius 3 is 2.85 bits per heavy atom. The van der Waals surface area contributed by atoms with E-state index < -0.39 is 5.82 Å². The second-order valence-corrected chi connectivity index (χ2v) is 6.45. The fraction of sp³-hybridized carbons (Fsp3) is 0.167. The van der Waals surface area contributed by atoms with Gasteiger partial charge in [0.05, 0.1) is 29.6 Å². The van der Waals surface area contributed by atoms with E-state index in [-0.39, 0.29) is 18.2 Å². The number of rotatable bonds is 6. The number of hydrogen-bond donors (Lipinski definition) is 2. The standard InChI is InChI=1S/C18H17FN4O2S/c1-11(12-7-8-15(25-2)13(19)9-12)22-23-17(24)10-20-18-21-14-5-3-4-6-16(14)26-18/h3-9H,10H2,1-2H3,(H,20,21)(H,23,24)/b22-11-. The van der Waals surface area contributed by atoms with Crippen molar-refractivity contribution in [1.29, 1.82) is 0 Å². The van der Waals surface area contributed by atoms with E-state index in [9.17, 15) is 9.18 Å². The van der Waals surface area contributed by atoms with Crippen LogP contribution in [0.5, 0.6) is 5.75 Å². The Balaban J connectivity index is 1.57. The number of benzene rings is 2. The van der Waals surface area contributed by atoms with Crippen molar-refractivity contribution >= 4 is 38.3 Å². The van der Waals surface area contributed by atoms with Crippen LogP contribution in [0.25, 0.3) is 10.2 Å². The molecule has 3 aromatic rings. The van der Waals surface area contributed by atoms with E-state index in [0.717, 1.165) is 10.2 Å². The quantitative estimate of drug-likeness (QED) is 0.514. The highest BCUT2D eigenvalue weighted by molar-refractivity contribution is 7.22. The average molecular weight is 372 g/mol. The average Bonchev–Trinajstić information content (AvgIpc) is 3.07. The first-order valence-electron chi connectivity index (χ1n) is 7.83. The van der Waals surface area contributed by atoms with Gasteiger partial charge >= 0.3 is 0 Å². The summed E-state index contributed by atoms with van der Waals surface area (Å²) in [5.41, 5.74) is 4.37. The number of thiazole rings is 1. The van der Waals surface area contributed by atoms with E-state index in [4.69, 9.17) is 4.74 Å². The normalized spacial score (nSPS) is 11.4. The minimum absolute atomic E-state index is 0.0353. The Morgan fingerprint density at radius 1 is 1.31 bits per heavy atom. The molecule has 0 bridgehead atoms. The summed E-state index contributed by atoms with van der Waals surface area (Å²) < 4.78 is 19.6. The summed E-state index contributed by atoms with van der Waals surface area (Å²) in [6, 6.07) is 12.2. The van der Waals surface area contributed by atoms with E-state index in [1.165, 1.54) is 30.6 Å². The van der Waals surface area contributed by atoms with E-state index in [1.54, 1.807) is 13.0 Å². The van der Waals surface area contributed by atoms with Crippen molar-refractivity contribution in [3.63, 3.8) is 0 Å². The maximum absolute atomic E-state index is 13.7. The maximum Gasteiger partial charge on any atom is 0.259 e. The fourth-order valence-electron chi connectivity index (χ4n) is 2.25. The van der Waals surface area contributed by atoms with Crippen LogP contribution in [0, 0.1) is 5.82 Å². The first kappa shape index (κ1) is 17.8. The van der Waals surface area contributed by atoms with Gasteiger partial charge in [0.15, 0.2) is 16.7 Å². The molecule has 3 rings (SSSR count). The Labute approximate surface area is 153 Å². The Bertz CT molecular complexity index is 938. The molecule has 0 aliphatic heterocycles. The highest BCUT2D eigenvalue weighted by Crippen LogP contribution is 2.25. The molecule has 0 radical (unpaired) electrons. The molecule has 0 aliphatic rings. The summed E-state index contributed by atoms with van der Waals surface area (Å²) in [5.74, 6) is -0.647. The first-order valence-corrected chi connectivity index (χ1v) is 8.65. The van der Waals surface area contributed by atoms with E-state index in [2.05, 4.69) is 20.8 Å². The molecule has 1 heterocycles. The van der Waals surface area contributed by atoms with Crippen LogP contribution in [-0.2, 0) is 4.79 Å². The first-order chi connectivity index (χ1) is 12.6. The summed E-state index contributed by atoms with van der Waals surface area (Å²) in [7, 11) is 1.40. The molecule has 26 heavy (non-hydrogen) atoms. The zero-order chi connectivity index (χ0) is 18.5. The number of amides is 1. The molecular weight excluding hydrogens is 355 g/mol. The zero-order valence-electron chi connectivity index (χ0n) is 14.2. The molecule has 2 N–H and O–H groups in total. The van der Waals surface area contributed by atoms with Crippen LogP contribution in [0.15, 0.2) is 47.6 Å². The monoisotopic (exact) mass is 372 g/mol. The molecule has 134 valence electrons. The molecule has 0 fully saturated rings. The number of nitrogens with one attached hydrogen (secondary N) is 2. The Morgan fingerprint density at radius 2 is 2.12 bits per heavy atom. The third kappa shape index (κ3) is 4.15. The topological polar surface area (TPSA) is 75.6 Å².